The van der Waals surface area contributed by atoms with E-state index >= 15 is 0 Å². The predicted octanol–water partition coefficient (Wildman–Crippen LogP) is 7.90. The van der Waals surface area contributed by atoms with Gasteiger partial charge in [0.05, 0.1) is 49.8 Å². The summed E-state index contributed by atoms with van der Waals surface area (Å²) in [7, 11) is 0. The molecule has 1 aliphatic carbocycles. The van der Waals surface area contributed by atoms with Crippen LogP contribution in [0.25, 0.3) is 0 Å². The first-order valence-corrected chi connectivity index (χ1v) is 19.1. The van der Waals surface area contributed by atoms with E-state index in [2.05, 4.69) is 44.0 Å². The van der Waals surface area contributed by atoms with E-state index in [9.17, 15) is 19.2 Å². The van der Waals surface area contributed by atoms with Gasteiger partial charge < -0.3 is 28.4 Å². The van der Waals surface area contributed by atoms with Gasteiger partial charge in [-0.3, -0.25) is 19.2 Å². The third-order valence-electron chi connectivity index (χ3n) is 6.64. The smallest absolute Gasteiger partial charge is 0.323 e. The largest absolute Gasteiger partial charge is 0.463 e. The van der Waals surface area contributed by atoms with Crippen LogP contribution in [0.5, 0.6) is 0 Å². The van der Waals surface area contributed by atoms with E-state index in [4.69, 9.17) is 28.4 Å². The Hall–Kier alpha value is -2.80. The summed E-state index contributed by atoms with van der Waals surface area (Å²) in [5.74, 6) is -2.10. The molecule has 0 aliphatic heterocycles. The lowest BCUT2D eigenvalue weighted by molar-refractivity contribution is -0.197. The fraction of sp³-hybridized carbons (Fsp3) is 0.579. The summed E-state index contributed by atoms with van der Waals surface area (Å²) in [6.45, 7) is 15.1. The number of benzene rings is 2. The third kappa shape index (κ3) is 18.4. The van der Waals surface area contributed by atoms with Gasteiger partial charge in [0.15, 0.2) is 5.41 Å². The van der Waals surface area contributed by atoms with Crippen LogP contribution >= 0.6 is 31.9 Å². The molecule has 0 N–H and O–H groups in total. The average molecular weight is 831 g/mol. The molecule has 3 rings (SSSR count). The molecule has 2 aromatic rings. The van der Waals surface area contributed by atoms with Gasteiger partial charge in [-0.15, -0.1) is 0 Å². The SMILES string of the molecule is BrCC(CBr)OCc1ccccc1.CC(C)OC(=O)C1(C(=O)OC(C)C)CC(OCc2ccccc2)C1.CC(C)OC(=O)CC(=O)OC(C)C. The Bertz CT molecular complexity index is 1210. The van der Waals surface area contributed by atoms with E-state index in [1.807, 2.05) is 48.5 Å². The lowest BCUT2D eigenvalue weighted by atomic mass is 9.66. The first-order valence-electron chi connectivity index (χ1n) is 16.9. The van der Waals surface area contributed by atoms with Crippen molar-refractivity contribution in [1.29, 1.82) is 0 Å². The number of rotatable bonds is 16. The van der Waals surface area contributed by atoms with Crippen molar-refractivity contribution in [2.45, 2.75) is 124 Å². The van der Waals surface area contributed by atoms with Crippen molar-refractivity contribution in [3.05, 3.63) is 71.8 Å². The zero-order valence-corrected chi connectivity index (χ0v) is 33.7. The number of esters is 4. The minimum atomic E-state index is -1.23. The minimum Gasteiger partial charge on any atom is -0.463 e. The molecule has 0 radical (unpaired) electrons. The van der Waals surface area contributed by atoms with Crippen LogP contribution in [0.2, 0.25) is 0 Å². The van der Waals surface area contributed by atoms with E-state index in [0.717, 1.165) is 16.2 Å². The summed E-state index contributed by atoms with van der Waals surface area (Å²) in [5, 5.41) is 1.73. The van der Waals surface area contributed by atoms with Gasteiger partial charge in [-0.05, 0) is 66.5 Å². The molecule has 0 heterocycles. The molecule has 12 heteroatoms. The molecule has 1 saturated carbocycles. The van der Waals surface area contributed by atoms with Gasteiger partial charge in [0, 0.05) is 23.5 Å². The third-order valence-corrected chi connectivity index (χ3v) is 8.09. The average Bonchev–Trinajstić information content (AvgIpc) is 3.01. The number of hydrogen-bond acceptors (Lipinski definition) is 10. The molecule has 0 saturated heterocycles. The Morgan fingerprint density at radius 1 is 0.620 bits per heavy atom. The van der Waals surface area contributed by atoms with Gasteiger partial charge in [-0.25, -0.2) is 0 Å². The number of halogens is 2. The summed E-state index contributed by atoms with van der Waals surface area (Å²) >= 11 is 6.79. The lowest BCUT2D eigenvalue weighted by Gasteiger charge is -2.43. The predicted molar refractivity (Wildman–Crippen MR) is 199 cm³/mol. The Morgan fingerprint density at radius 3 is 1.36 bits per heavy atom. The van der Waals surface area contributed by atoms with Crippen molar-refractivity contribution in [3.63, 3.8) is 0 Å². The van der Waals surface area contributed by atoms with Gasteiger partial charge in [0.2, 0.25) is 0 Å². The van der Waals surface area contributed by atoms with Crippen molar-refractivity contribution in [2.24, 2.45) is 5.41 Å². The molecule has 50 heavy (non-hydrogen) atoms. The summed E-state index contributed by atoms with van der Waals surface area (Å²) in [6.07, 6.45) is -0.538. The molecule has 280 valence electrons. The molecule has 0 spiro atoms. The van der Waals surface area contributed by atoms with Crippen molar-refractivity contribution < 1.29 is 47.6 Å². The fourth-order valence-electron chi connectivity index (χ4n) is 4.34. The first kappa shape index (κ1) is 45.2. The van der Waals surface area contributed by atoms with E-state index in [-0.39, 0.29) is 43.0 Å². The topological polar surface area (TPSA) is 124 Å². The molecule has 0 amide bonds. The number of carbonyl (C=O) groups excluding carboxylic acids is 4. The number of alkyl halides is 2. The summed E-state index contributed by atoms with van der Waals surface area (Å²) in [4.78, 5) is 46.7. The lowest BCUT2D eigenvalue weighted by Crippen LogP contribution is -2.55. The molecule has 1 aliphatic rings. The standard InChI is InChI=1S/C19H26O5.C10H12Br2O.C9H16O4/c1-13(2)23-17(20)19(18(21)24-14(3)4)10-16(11-19)22-12-15-8-6-5-7-9-15;11-6-10(7-12)13-8-9-4-2-1-3-5-9;1-6(2)12-8(10)5-9(11)13-7(3)4/h5-9,13-14,16H,10-12H2,1-4H3;1-5,10H,6-8H2;6-7H,5H2,1-4H3. The molecule has 0 atom stereocenters. The number of carbonyl (C=O) groups is 4. The van der Waals surface area contributed by atoms with Crippen LogP contribution in [0.1, 0.15) is 85.8 Å². The van der Waals surface area contributed by atoms with Crippen molar-refractivity contribution in [3.8, 4) is 0 Å². The molecule has 0 unspecified atom stereocenters. The van der Waals surface area contributed by atoms with E-state index < -0.39 is 29.3 Å². The molecular formula is C38H54Br2O10. The summed E-state index contributed by atoms with van der Waals surface area (Å²) in [6, 6.07) is 20.0. The van der Waals surface area contributed by atoms with Crippen LogP contribution in [-0.4, -0.2) is 71.2 Å². The second-order valence-electron chi connectivity index (χ2n) is 12.8. The highest BCUT2D eigenvalue weighted by atomic mass is 79.9. The second-order valence-corrected chi connectivity index (χ2v) is 14.1. The fourth-order valence-corrected chi connectivity index (χ4v) is 5.79. The van der Waals surface area contributed by atoms with E-state index in [1.165, 1.54) is 5.56 Å². The van der Waals surface area contributed by atoms with Crippen molar-refractivity contribution in [1.82, 2.24) is 0 Å². The minimum absolute atomic E-state index is 0.148. The maximum atomic E-state index is 12.4. The normalized spacial score (nSPS) is 13.5. The van der Waals surface area contributed by atoms with Crippen molar-refractivity contribution >= 4 is 55.7 Å². The Balaban J connectivity index is 0.000000409. The second kappa shape index (κ2) is 24.4. The Kier molecular flexibility index (Phi) is 22.1. The highest BCUT2D eigenvalue weighted by molar-refractivity contribution is 9.09. The molecule has 2 aromatic carbocycles. The maximum absolute atomic E-state index is 12.4. The maximum Gasteiger partial charge on any atom is 0.323 e. The van der Waals surface area contributed by atoms with Gasteiger partial charge in [0.1, 0.15) is 6.42 Å². The molecule has 0 aromatic heterocycles. The van der Waals surface area contributed by atoms with E-state index in [1.54, 1.807) is 55.4 Å². The Morgan fingerprint density at radius 2 is 1.00 bits per heavy atom. The first-order chi connectivity index (χ1) is 23.6. The highest BCUT2D eigenvalue weighted by Gasteiger charge is 2.59. The van der Waals surface area contributed by atoms with Crippen LogP contribution in [0.15, 0.2) is 60.7 Å². The van der Waals surface area contributed by atoms with Crippen LogP contribution in [-0.2, 0) is 60.8 Å². The van der Waals surface area contributed by atoms with Crippen LogP contribution in [0.3, 0.4) is 0 Å². The van der Waals surface area contributed by atoms with Crippen LogP contribution in [0.4, 0.5) is 0 Å². The Labute approximate surface area is 314 Å². The van der Waals surface area contributed by atoms with Gasteiger partial charge >= 0.3 is 23.9 Å². The summed E-state index contributed by atoms with van der Waals surface area (Å²) in [5.41, 5.74) is 1.05. The quantitative estimate of drug-likeness (QED) is 0.0714. The molecular weight excluding hydrogens is 776 g/mol. The van der Waals surface area contributed by atoms with Crippen molar-refractivity contribution in [2.75, 3.05) is 10.7 Å². The monoisotopic (exact) mass is 828 g/mol. The summed E-state index contributed by atoms with van der Waals surface area (Å²) < 4.78 is 31.5. The molecule has 10 nitrogen and oxygen atoms in total. The van der Waals surface area contributed by atoms with E-state index in [0.29, 0.717) is 26.1 Å². The highest BCUT2D eigenvalue weighted by Crippen LogP contribution is 2.46. The van der Waals surface area contributed by atoms with Crippen LogP contribution < -0.4 is 0 Å². The van der Waals surface area contributed by atoms with Gasteiger partial charge in [-0.1, -0.05) is 92.5 Å². The zero-order chi connectivity index (χ0) is 37.7. The van der Waals surface area contributed by atoms with Crippen LogP contribution in [0, 0.1) is 5.41 Å². The van der Waals surface area contributed by atoms with Gasteiger partial charge in [-0.2, -0.15) is 0 Å². The number of ether oxygens (including phenoxy) is 6. The van der Waals surface area contributed by atoms with Gasteiger partial charge in [0.25, 0.3) is 0 Å². The zero-order valence-electron chi connectivity index (χ0n) is 30.5. The molecule has 1 fully saturated rings. The number of hydrogen-bond donors (Lipinski definition) is 0. The molecule has 0 bridgehead atoms.